The molecule has 0 bridgehead atoms. The zero-order valence-corrected chi connectivity index (χ0v) is 12.4. The summed E-state index contributed by atoms with van der Waals surface area (Å²) in [5.41, 5.74) is 5.01. The molecule has 2 aromatic rings. The number of hydrogen-bond donors (Lipinski definition) is 0. The summed E-state index contributed by atoms with van der Waals surface area (Å²) in [5.74, 6) is 0.947. The molecule has 4 heteroatoms. The molecule has 1 aromatic carbocycles. The summed E-state index contributed by atoms with van der Waals surface area (Å²) >= 11 is 0. The third-order valence-electron chi connectivity index (χ3n) is 4.30. The van der Waals surface area contributed by atoms with Crippen LogP contribution in [0.1, 0.15) is 40.9 Å². The Morgan fingerprint density at radius 1 is 1.10 bits per heavy atom. The number of benzene rings is 1. The molecule has 0 amide bonds. The second kappa shape index (κ2) is 4.93. The fourth-order valence-corrected chi connectivity index (χ4v) is 2.90. The molecule has 0 fully saturated rings. The number of fused-ring (bicyclic) bond motifs is 1. The summed E-state index contributed by atoms with van der Waals surface area (Å²) in [4.78, 5) is 12.3. The van der Waals surface area contributed by atoms with Gasteiger partial charge in [0.1, 0.15) is 5.82 Å². The van der Waals surface area contributed by atoms with E-state index in [1.54, 1.807) is 4.68 Å². The van der Waals surface area contributed by atoms with Gasteiger partial charge in [-0.15, -0.1) is 0 Å². The molecule has 106 valence electrons. The van der Waals surface area contributed by atoms with Gasteiger partial charge in [-0.25, -0.2) is 9.48 Å². The standard InChI is InChI=1S/C16H21N3O/c1-11-8-13(3)14(9-12(11)2)10-19-16(20)18-7-5-4-6-15(18)17-19/h8-9H,4-7,10H2,1-3H3. The van der Waals surface area contributed by atoms with Gasteiger partial charge in [0.2, 0.25) is 0 Å². The predicted molar refractivity (Wildman–Crippen MR) is 79.2 cm³/mol. The van der Waals surface area contributed by atoms with E-state index >= 15 is 0 Å². The molecule has 0 spiro atoms. The predicted octanol–water partition coefficient (Wildman–Crippen LogP) is 2.35. The van der Waals surface area contributed by atoms with Crippen LogP contribution >= 0.6 is 0 Å². The summed E-state index contributed by atoms with van der Waals surface area (Å²) in [6.45, 7) is 7.72. The van der Waals surface area contributed by atoms with Crippen molar-refractivity contribution in [1.82, 2.24) is 14.3 Å². The average molecular weight is 271 g/mol. The minimum Gasteiger partial charge on any atom is -0.279 e. The summed E-state index contributed by atoms with van der Waals surface area (Å²) in [6, 6.07) is 4.36. The van der Waals surface area contributed by atoms with Gasteiger partial charge in [-0.2, -0.15) is 5.10 Å². The average Bonchev–Trinajstić information content (AvgIpc) is 2.73. The van der Waals surface area contributed by atoms with Gasteiger partial charge in [0.15, 0.2) is 0 Å². The molecule has 0 atom stereocenters. The molecule has 0 saturated heterocycles. The number of hydrogen-bond acceptors (Lipinski definition) is 2. The maximum atomic E-state index is 12.3. The van der Waals surface area contributed by atoms with Crippen LogP contribution in [0, 0.1) is 20.8 Å². The SMILES string of the molecule is Cc1cc(C)c(Cn2nc3n(c2=O)CCCC3)cc1C. The quantitative estimate of drug-likeness (QED) is 0.841. The number of aromatic nitrogens is 3. The molecule has 0 radical (unpaired) electrons. The van der Waals surface area contributed by atoms with Crippen molar-refractivity contribution in [1.29, 1.82) is 0 Å². The third-order valence-corrected chi connectivity index (χ3v) is 4.30. The molecule has 20 heavy (non-hydrogen) atoms. The van der Waals surface area contributed by atoms with Gasteiger partial charge in [-0.3, -0.25) is 4.57 Å². The van der Waals surface area contributed by atoms with E-state index < -0.39 is 0 Å². The van der Waals surface area contributed by atoms with E-state index in [1.807, 2.05) is 4.57 Å². The lowest BCUT2D eigenvalue weighted by molar-refractivity contribution is 0.511. The first kappa shape index (κ1) is 13.2. The third kappa shape index (κ3) is 2.19. The molecule has 1 aromatic heterocycles. The maximum absolute atomic E-state index is 12.3. The Hall–Kier alpha value is -1.84. The second-order valence-corrected chi connectivity index (χ2v) is 5.83. The maximum Gasteiger partial charge on any atom is 0.346 e. The van der Waals surface area contributed by atoms with E-state index in [-0.39, 0.29) is 5.69 Å². The van der Waals surface area contributed by atoms with Gasteiger partial charge < -0.3 is 0 Å². The Morgan fingerprint density at radius 3 is 2.60 bits per heavy atom. The first-order valence-electron chi connectivity index (χ1n) is 7.29. The monoisotopic (exact) mass is 271 g/mol. The molecule has 0 aliphatic carbocycles. The highest BCUT2D eigenvalue weighted by atomic mass is 16.2. The van der Waals surface area contributed by atoms with Crippen LogP contribution in [-0.2, 0) is 19.5 Å². The van der Waals surface area contributed by atoms with Crippen molar-refractivity contribution >= 4 is 0 Å². The Bertz CT molecular complexity index is 709. The number of aryl methyl sites for hydroxylation is 4. The van der Waals surface area contributed by atoms with E-state index in [1.165, 1.54) is 22.3 Å². The molecular formula is C16H21N3O. The smallest absolute Gasteiger partial charge is 0.279 e. The largest absolute Gasteiger partial charge is 0.346 e. The van der Waals surface area contributed by atoms with Gasteiger partial charge in [-0.05, 0) is 55.9 Å². The molecule has 4 nitrogen and oxygen atoms in total. The van der Waals surface area contributed by atoms with Crippen LogP contribution in [0.15, 0.2) is 16.9 Å². The normalized spacial score (nSPS) is 14.3. The van der Waals surface area contributed by atoms with Crippen LogP contribution in [0.2, 0.25) is 0 Å². The summed E-state index contributed by atoms with van der Waals surface area (Å²) in [7, 11) is 0. The first-order valence-corrected chi connectivity index (χ1v) is 7.29. The van der Waals surface area contributed by atoms with Crippen molar-refractivity contribution in [2.45, 2.75) is 53.1 Å². The number of rotatable bonds is 2. The fourth-order valence-electron chi connectivity index (χ4n) is 2.90. The highest BCUT2D eigenvalue weighted by Crippen LogP contribution is 2.16. The first-order chi connectivity index (χ1) is 9.56. The highest BCUT2D eigenvalue weighted by Gasteiger charge is 2.17. The van der Waals surface area contributed by atoms with Crippen LogP contribution in [0.3, 0.4) is 0 Å². The summed E-state index contributed by atoms with van der Waals surface area (Å²) in [5, 5.41) is 4.51. The van der Waals surface area contributed by atoms with Crippen LogP contribution < -0.4 is 5.69 Å². The van der Waals surface area contributed by atoms with Crippen molar-refractivity contribution in [2.24, 2.45) is 0 Å². The van der Waals surface area contributed by atoms with Crippen LogP contribution in [-0.4, -0.2) is 14.3 Å². The Labute approximate surface area is 119 Å². The lowest BCUT2D eigenvalue weighted by Gasteiger charge is -2.09. The molecule has 3 rings (SSSR count). The van der Waals surface area contributed by atoms with Crippen molar-refractivity contribution in [3.63, 3.8) is 0 Å². The van der Waals surface area contributed by atoms with Gasteiger partial charge in [0.25, 0.3) is 0 Å². The minimum absolute atomic E-state index is 0.0392. The van der Waals surface area contributed by atoms with E-state index in [2.05, 4.69) is 38.0 Å². The Morgan fingerprint density at radius 2 is 1.85 bits per heavy atom. The molecular weight excluding hydrogens is 250 g/mol. The second-order valence-electron chi connectivity index (χ2n) is 5.83. The number of nitrogens with zero attached hydrogens (tertiary/aromatic N) is 3. The zero-order chi connectivity index (χ0) is 14.3. The molecule has 0 unspecified atom stereocenters. The van der Waals surface area contributed by atoms with Crippen molar-refractivity contribution in [2.75, 3.05) is 0 Å². The van der Waals surface area contributed by atoms with E-state index in [4.69, 9.17) is 0 Å². The molecule has 1 aliphatic heterocycles. The van der Waals surface area contributed by atoms with Crippen LogP contribution in [0.25, 0.3) is 0 Å². The highest BCUT2D eigenvalue weighted by molar-refractivity contribution is 5.36. The van der Waals surface area contributed by atoms with Crippen molar-refractivity contribution in [3.8, 4) is 0 Å². The summed E-state index contributed by atoms with van der Waals surface area (Å²) in [6.07, 6.45) is 3.15. The van der Waals surface area contributed by atoms with E-state index in [0.29, 0.717) is 6.54 Å². The van der Waals surface area contributed by atoms with E-state index in [9.17, 15) is 4.79 Å². The molecule has 2 heterocycles. The topological polar surface area (TPSA) is 39.8 Å². The molecule has 0 N–H and O–H groups in total. The lowest BCUT2D eigenvalue weighted by atomic mass is 10.0. The Kier molecular flexibility index (Phi) is 3.24. The molecule has 0 saturated carbocycles. The zero-order valence-electron chi connectivity index (χ0n) is 12.4. The van der Waals surface area contributed by atoms with Crippen molar-refractivity contribution < 1.29 is 0 Å². The Balaban J connectivity index is 1.98. The van der Waals surface area contributed by atoms with Crippen LogP contribution in [0.4, 0.5) is 0 Å². The van der Waals surface area contributed by atoms with Gasteiger partial charge in [0, 0.05) is 13.0 Å². The van der Waals surface area contributed by atoms with Crippen LogP contribution in [0.5, 0.6) is 0 Å². The van der Waals surface area contributed by atoms with Gasteiger partial charge >= 0.3 is 5.69 Å². The van der Waals surface area contributed by atoms with Gasteiger partial charge in [0.05, 0.1) is 6.54 Å². The van der Waals surface area contributed by atoms with Gasteiger partial charge in [-0.1, -0.05) is 12.1 Å². The fraction of sp³-hybridized carbons (Fsp3) is 0.500. The molecule has 1 aliphatic rings. The lowest BCUT2D eigenvalue weighted by Crippen LogP contribution is -2.27. The van der Waals surface area contributed by atoms with Crippen molar-refractivity contribution in [3.05, 3.63) is 50.7 Å². The minimum atomic E-state index is 0.0392. The van der Waals surface area contributed by atoms with E-state index in [0.717, 1.165) is 31.6 Å². The summed E-state index contributed by atoms with van der Waals surface area (Å²) < 4.78 is 3.46.